The molecule has 0 saturated carbocycles. The minimum atomic E-state index is -1.21. The van der Waals surface area contributed by atoms with Gasteiger partial charge in [0.1, 0.15) is 17.1 Å². The number of anilines is 1. The Morgan fingerprint density at radius 2 is 2.14 bits per heavy atom. The average Bonchev–Trinajstić information content (AvgIpc) is 2.46. The number of hydrogen-bond acceptors (Lipinski definition) is 5. The van der Waals surface area contributed by atoms with Crippen LogP contribution in [0.3, 0.4) is 0 Å². The summed E-state index contributed by atoms with van der Waals surface area (Å²) in [4.78, 5) is 18.9. The minimum absolute atomic E-state index is 0.0531. The average molecular weight is 307 g/mol. The van der Waals surface area contributed by atoms with Crippen LogP contribution in [0.4, 0.5) is 5.82 Å². The monoisotopic (exact) mass is 306 g/mol. The molecule has 0 fully saturated rings. The number of nitrogens with two attached hydrogens (primary N) is 1. The zero-order valence-corrected chi connectivity index (χ0v) is 12.1. The molecule has 1 amide bonds. The summed E-state index contributed by atoms with van der Waals surface area (Å²) < 4.78 is 0. The van der Waals surface area contributed by atoms with Crippen LogP contribution in [0.25, 0.3) is 0 Å². The van der Waals surface area contributed by atoms with E-state index in [0.29, 0.717) is 16.4 Å². The zero-order chi connectivity index (χ0) is 15.5. The molecule has 1 heterocycles. The van der Waals surface area contributed by atoms with E-state index in [2.05, 4.69) is 15.3 Å². The third kappa shape index (κ3) is 3.68. The lowest BCUT2D eigenvalue weighted by Gasteiger charge is -2.25. The topological polar surface area (TPSA) is 101 Å². The number of primary amides is 1. The molecule has 4 N–H and O–H groups in total. The summed E-state index contributed by atoms with van der Waals surface area (Å²) in [6.07, 6.45) is 2.72. The molecule has 2 rings (SSSR count). The number of hydrogen-bond donors (Lipinski definition) is 3. The first-order valence-electron chi connectivity index (χ1n) is 6.23. The van der Waals surface area contributed by atoms with Crippen LogP contribution in [0.5, 0.6) is 0 Å². The summed E-state index contributed by atoms with van der Waals surface area (Å²) in [5.41, 5.74) is 4.58. The molecular weight excluding hydrogens is 292 g/mol. The fourth-order valence-corrected chi connectivity index (χ4v) is 2.17. The highest BCUT2D eigenvalue weighted by atomic mass is 35.5. The van der Waals surface area contributed by atoms with Gasteiger partial charge in [0.15, 0.2) is 0 Å². The maximum atomic E-state index is 11.0. The highest BCUT2D eigenvalue weighted by Gasteiger charge is 2.25. The second-order valence-electron chi connectivity index (χ2n) is 4.76. The van der Waals surface area contributed by atoms with Crippen molar-refractivity contribution >= 4 is 23.3 Å². The molecule has 0 aliphatic rings. The van der Waals surface area contributed by atoms with E-state index in [-0.39, 0.29) is 12.2 Å². The van der Waals surface area contributed by atoms with Crippen LogP contribution in [-0.4, -0.2) is 27.5 Å². The Morgan fingerprint density at radius 3 is 2.81 bits per heavy atom. The number of aliphatic hydroxyl groups is 1. The molecule has 0 radical (unpaired) electrons. The van der Waals surface area contributed by atoms with E-state index in [0.717, 1.165) is 0 Å². The Morgan fingerprint density at radius 1 is 1.43 bits per heavy atom. The third-order valence-electron chi connectivity index (χ3n) is 2.95. The van der Waals surface area contributed by atoms with Crippen molar-refractivity contribution in [2.45, 2.75) is 12.5 Å². The molecule has 110 valence electrons. The second kappa shape index (κ2) is 6.07. The Bertz CT molecular complexity index is 661. The molecule has 0 bridgehead atoms. The van der Waals surface area contributed by atoms with E-state index >= 15 is 0 Å². The standard InChI is InChI=1S/C14H15ClN4O2/c1-14(21,9-4-2-3-5-10(9)15)8-18-12-7-17-6-11(19-12)13(16)20/h2-7,21H,8H2,1H3,(H2,16,20)(H,18,19). The Labute approximate surface area is 127 Å². The van der Waals surface area contributed by atoms with Crippen molar-refractivity contribution in [3.05, 3.63) is 52.9 Å². The normalized spacial score (nSPS) is 13.5. The van der Waals surface area contributed by atoms with Crippen molar-refractivity contribution in [2.24, 2.45) is 5.73 Å². The lowest BCUT2D eigenvalue weighted by Crippen LogP contribution is -2.31. The van der Waals surface area contributed by atoms with Gasteiger partial charge in [0.25, 0.3) is 5.91 Å². The number of halogens is 1. The van der Waals surface area contributed by atoms with Crippen molar-refractivity contribution in [1.82, 2.24) is 9.97 Å². The summed E-state index contributed by atoms with van der Waals surface area (Å²) in [5.74, 6) is -0.317. The smallest absolute Gasteiger partial charge is 0.268 e. The summed E-state index contributed by atoms with van der Waals surface area (Å²) in [6.45, 7) is 1.78. The van der Waals surface area contributed by atoms with E-state index in [1.165, 1.54) is 12.4 Å². The molecule has 0 aliphatic heterocycles. The van der Waals surface area contributed by atoms with E-state index in [1.54, 1.807) is 31.2 Å². The molecule has 1 atom stereocenters. The van der Waals surface area contributed by atoms with Crippen molar-refractivity contribution in [3.63, 3.8) is 0 Å². The Hall–Kier alpha value is -2.18. The number of benzene rings is 1. The summed E-state index contributed by atoms with van der Waals surface area (Å²) in [7, 11) is 0. The Kier molecular flexibility index (Phi) is 4.40. The molecule has 1 aromatic heterocycles. The molecule has 2 aromatic rings. The van der Waals surface area contributed by atoms with E-state index in [9.17, 15) is 9.90 Å². The van der Waals surface area contributed by atoms with Crippen LogP contribution in [0.2, 0.25) is 5.02 Å². The predicted octanol–water partition coefficient (Wildman–Crippen LogP) is 1.55. The first kappa shape index (κ1) is 15.2. The van der Waals surface area contributed by atoms with Gasteiger partial charge in [-0.05, 0) is 13.0 Å². The third-order valence-corrected chi connectivity index (χ3v) is 3.28. The highest BCUT2D eigenvalue weighted by Crippen LogP contribution is 2.27. The van der Waals surface area contributed by atoms with Crippen LogP contribution >= 0.6 is 11.6 Å². The summed E-state index contributed by atoms with van der Waals surface area (Å²) in [5, 5.41) is 13.9. The maximum Gasteiger partial charge on any atom is 0.268 e. The first-order valence-corrected chi connectivity index (χ1v) is 6.61. The molecule has 0 saturated heterocycles. The van der Waals surface area contributed by atoms with Crippen LogP contribution in [0.15, 0.2) is 36.7 Å². The quantitative estimate of drug-likeness (QED) is 0.778. The van der Waals surface area contributed by atoms with Gasteiger partial charge < -0.3 is 16.2 Å². The van der Waals surface area contributed by atoms with Gasteiger partial charge in [0.2, 0.25) is 0 Å². The fourth-order valence-electron chi connectivity index (χ4n) is 1.83. The second-order valence-corrected chi connectivity index (χ2v) is 5.17. The molecule has 7 heteroatoms. The van der Waals surface area contributed by atoms with Crippen molar-refractivity contribution < 1.29 is 9.90 Å². The van der Waals surface area contributed by atoms with Gasteiger partial charge in [0, 0.05) is 17.1 Å². The highest BCUT2D eigenvalue weighted by molar-refractivity contribution is 6.31. The Balaban J connectivity index is 2.13. The SMILES string of the molecule is CC(O)(CNc1cncc(C(N)=O)n1)c1ccccc1Cl. The first-order chi connectivity index (χ1) is 9.90. The minimum Gasteiger partial charge on any atom is -0.384 e. The number of carbonyl (C=O) groups excluding carboxylic acids is 1. The molecule has 1 unspecified atom stereocenters. The van der Waals surface area contributed by atoms with Gasteiger partial charge in [0.05, 0.1) is 12.4 Å². The number of rotatable bonds is 5. The molecule has 1 aromatic carbocycles. The van der Waals surface area contributed by atoms with Gasteiger partial charge in [-0.15, -0.1) is 0 Å². The number of nitrogens with zero attached hydrogens (tertiary/aromatic N) is 2. The maximum absolute atomic E-state index is 11.0. The van der Waals surface area contributed by atoms with E-state index in [1.807, 2.05) is 0 Å². The number of amides is 1. The lowest BCUT2D eigenvalue weighted by molar-refractivity contribution is 0.0715. The molecule has 0 spiro atoms. The van der Waals surface area contributed by atoms with Gasteiger partial charge in [-0.25, -0.2) is 4.98 Å². The van der Waals surface area contributed by atoms with Gasteiger partial charge in [-0.2, -0.15) is 0 Å². The van der Waals surface area contributed by atoms with E-state index in [4.69, 9.17) is 17.3 Å². The fraction of sp³-hybridized carbons (Fsp3) is 0.214. The van der Waals surface area contributed by atoms with Crippen LogP contribution in [0.1, 0.15) is 23.0 Å². The predicted molar refractivity (Wildman–Crippen MR) is 80.1 cm³/mol. The number of carbonyl (C=O) groups is 1. The number of aromatic nitrogens is 2. The van der Waals surface area contributed by atoms with Gasteiger partial charge >= 0.3 is 0 Å². The molecule has 6 nitrogen and oxygen atoms in total. The van der Waals surface area contributed by atoms with Crippen LogP contribution < -0.4 is 11.1 Å². The van der Waals surface area contributed by atoms with Crippen molar-refractivity contribution in [3.8, 4) is 0 Å². The summed E-state index contributed by atoms with van der Waals surface area (Å²) >= 11 is 6.08. The summed E-state index contributed by atoms with van der Waals surface area (Å²) in [6, 6.07) is 7.04. The molecule has 21 heavy (non-hydrogen) atoms. The van der Waals surface area contributed by atoms with Crippen LogP contribution in [0, 0.1) is 0 Å². The lowest BCUT2D eigenvalue weighted by atomic mass is 9.96. The number of nitrogens with one attached hydrogen (secondary N) is 1. The largest absolute Gasteiger partial charge is 0.384 e. The molecular formula is C14H15ClN4O2. The van der Waals surface area contributed by atoms with Crippen molar-refractivity contribution in [2.75, 3.05) is 11.9 Å². The van der Waals surface area contributed by atoms with Crippen molar-refractivity contribution in [1.29, 1.82) is 0 Å². The van der Waals surface area contributed by atoms with E-state index < -0.39 is 11.5 Å². The molecule has 0 aliphatic carbocycles. The van der Waals surface area contributed by atoms with Gasteiger partial charge in [-0.3, -0.25) is 9.78 Å². The van der Waals surface area contributed by atoms with Gasteiger partial charge in [-0.1, -0.05) is 29.8 Å². The zero-order valence-electron chi connectivity index (χ0n) is 11.4. The van der Waals surface area contributed by atoms with Crippen LogP contribution in [-0.2, 0) is 5.60 Å².